The smallest absolute Gasteiger partial charge is 0.282 e. The largest absolute Gasteiger partial charge is 0.338 e. The molecular formula is C19H21ClF4N4O. The quantitative estimate of drug-likeness (QED) is 0.638. The van der Waals surface area contributed by atoms with E-state index < -0.39 is 36.2 Å². The van der Waals surface area contributed by atoms with Crippen molar-refractivity contribution in [2.45, 2.75) is 32.4 Å². The van der Waals surface area contributed by atoms with Gasteiger partial charge < -0.3 is 4.90 Å². The number of carbonyl (C=O) groups excluding carboxylic acids is 1. The Morgan fingerprint density at radius 3 is 2.24 bits per heavy atom. The minimum absolute atomic E-state index is 0.415. The van der Waals surface area contributed by atoms with Crippen molar-refractivity contribution in [1.29, 1.82) is 0 Å². The average molecular weight is 433 g/mol. The van der Waals surface area contributed by atoms with Crippen molar-refractivity contribution >= 4 is 17.5 Å². The number of carbonyl (C=O) groups is 1. The van der Waals surface area contributed by atoms with Crippen LogP contribution in [0.5, 0.6) is 0 Å². The van der Waals surface area contributed by atoms with Gasteiger partial charge >= 0.3 is 0 Å². The molecule has 0 aliphatic carbocycles. The van der Waals surface area contributed by atoms with Crippen LogP contribution in [0.25, 0.3) is 0 Å². The van der Waals surface area contributed by atoms with Crippen molar-refractivity contribution in [1.82, 2.24) is 19.6 Å². The second-order valence-corrected chi connectivity index (χ2v) is 7.38. The first kappa shape index (κ1) is 21.6. The zero-order valence-electron chi connectivity index (χ0n) is 15.7. The molecule has 1 aromatic carbocycles. The summed E-state index contributed by atoms with van der Waals surface area (Å²) in [5.74, 6) is -0.415. The van der Waals surface area contributed by atoms with Crippen LogP contribution in [0.4, 0.5) is 17.6 Å². The zero-order chi connectivity index (χ0) is 21.1. The Labute approximate surface area is 170 Å². The summed E-state index contributed by atoms with van der Waals surface area (Å²) < 4.78 is 52.8. The molecule has 1 amide bonds. The summed E-state index contributed by atoms with van der Waals surface area (Å²) in [6.45, 7) is 4.18. The zero-order valence-corrected chi connectivity index (χ0v) is 16.5. The Hall–Kier alpha value is -2.13. The highest BCUT2D eigenvalue weighted by atomic mass is 35.5. The predicted molar refractivity (Wildman–Crippen MR) is 100 cm³/mol. The highest BCUT2D eigenvalue weighted by Gasteiger charge is 2.30. The predicted octanol–water partition coefficient (Wildman–Crippen LogP) is 4.32. The molecule has 0 bridgehead atoms. The summed E-state index contributed by atoms with van der Waals surface area (Å²) in [5.41, 5.74) is -0.338. The molecule has 29 heavy (non-hydrogen) atoms. The Morgan fingerprint density at radius 1 is 1.07 bits per heavy atom. The van der Waals surface area contributed by atoms with E-state index in [9.17, 15) is 22.4 Å². The fraction of sp³-hybridized carbons (Fsp3) is 0.474. The van der Waals surface area contributed by atoms with Gasteiger partial charge in [-0.25, -0.2) is 17.6 Å². The van der Waals surface area contributed by atoms with E-state index in [1.165, 1.54) is 6.92 Å². The lowest BCUT2D eigenvalue weighted by Gasteiger charge is -2.36. The van der Waals surface area contributed by atoms with Crippen LogP contribution in [0.1, 0.15) is 42.8 Å². The van der Waals surface area contributed by atoms with E-state index in [0.29, 0.717) is 48.5 Å². The third-order valence-corrected chi connectivity index (χ3v) is 5.21. The summed E-state index contributed by atoms with van der Waals surface area (Å²) >= 11 is 5.88. The first-order valence-electron chi connectivity index (χ1n) is 9.17. The highest BCUT2D eigenvalue weighted by Crippen LogP contribution is 2.28. The van der Waals surface area contributed by atoms with Gasteiger partial charge in [0.2, 0.25) is 5.91 Å². The SMILES string of the molecule is CC(C(=O)N1CCN(Cc2ccc(Cl)cc2)CC1)n1nc(C(F)F)cc1C(F)F. The van der Waals surface area contributed by atoms with Crippen LogP contribution in [0, 0.1) is 0 Å². The van der Waals surface area contributed by atoms with Gasteiger partial charge in [0.1, 0.15) is 17.4 Å². The number of amides is 1. The molecule has 2 aromatic rings. The van der Waals surface area contributed by atoms with Crippen LogP contribution in [-0.2, 0) is 11.3 Å². The third-order valence-electron chi connectivity index (χ3n) is 4.96. The number of hydrogen-bond acceptors (Lipinski definition) is 3. The van der Waals surface area contributed by atoms with E-state index in [4.69, 9.17) is 11.6 Å². The molecule has 5 nitrogen and oxygen atoms in total. The van der Waals surface area contributed by atoms with Crippen LogP contribution in [0.3, 0.4) is 0 Å². The molecule has 0 radical (unpaired) electrons. The van der Waals surface area contributed by atoms with E-state index in [1.54, 1.807) is 4.90 Å². The monoisotopic (exact) mass is 432 g/mol. The van der Waals surface area contributed by atoms with E-state index >= 15 is 0 Å². The molecular weight excluding hydrogens is 412 g/mol. The summed E-state index contributed by atoms with van der Waals surface area (Å²) in [5, 5.41) is 4.20. The van der Waals surface area contributed by atoms with Gasteiger partial charge in [0, 0.05) is 37.7 Å². The van der Waals surface area contributed by atoms with Crippen LogP contribution in [0.15, 0.2) is 30.3 Å². The normalized spacial score (nSPS) is 16.6. The standard InChI is InChI=1S/C19H21ClF4N4O/c1-12(28-16(18(23)24)10-15(25-28)17(21)22)19(29)27-8-6-26(7-9-27)11-13-2-4-14(20)5-3-13/h2-5,10,12,17-18H,6-9,11H2,1H3. The second-order valence-electron chi connectivity index (χ2n) is 6.94. The van der Waals surface area contributed by atoms with Gasteiger partial charge in [0.25, 0.3) is 12.9 Å². The number of halogens is 5. The topological polar surface area (TPSA) is 41.4 Å². The van der Waals surface area contributed by atoms with Gasteiger partial charge in [-0.2, -0.15) is 5.10 Å². The number of rotatable bonds is 6. The minimum Gasteiger partial charge on any atom is -0.338 e. The third kappa shape index (κ3) is 5.08. The van der Waals surface area contributed by atoms with Crippen molar-refractivity contribution in [3.8, 4) is 0 Å². The Morgan fingerprint density at radius 2 is 1.69 bits per heavy atom. The molecule has 1 fully saturated rings. The van der Waals surface area contributed by atoms with Crippen molar-refractivity contribution in [3.63, 3.8) is 0 Å². The van der Waals surface area contributed by atoms with Crippen LogP contribution >= 0.6 is 11.6 Å². The number of benzene rings is 1. The Balaban J connectivity index is 1.62. The first-order chi connectivity index (χ1) is 13.8. The summed E-state index contributed by atoms with van der Waals surface area (Å²) in [6.07, 6.45) is -5.98. The number of piperazine rings is 1. The first-order valence-corrected chi connectivity index (χ1v) is 9.55. The molecule has 1 unspecified atom stereocenters. The average Bonchev–Trinajstić information content (AvgIpc) is 3.15. The number of alkyl halides is 4. The van der Waals surface area contributed by atoms with Crippen molar-refractivity contribution < 1.29 is 22.4 Å². The van der Waals surface area contributed by atoms with Gasteiger partial charge in [-0.1, -0.05) is 23.7 Å². The molecule has 2 heterocycles. The Bertz CT molecular complexity index is 835. The van der Waals surface area contributed by atoms with Crippen molar-refractivity contribution in [3.05, 3.63) is 52.3 Å². The van der Waals surface area contributed by atoms with E-state index in [1.807, 2.05) is 24.3 Å². The van der Waals surface area contributed by atoms with Crippen LogP contribution in [-0.4, -0.2) is 51.7 Å². The van der Waals surface area contributed by atoms with Gasteiger partial charge in [0.15, 0.2) is 0 Å². The number of hydrogen-bond donors (Lipinski definition) is 0. The molecule has 0 spiro atoms. The van der Waals surface area contributed by atoms with Gasteiger partial charge in [-0.05, 0) is 30.7 Å². The molecule has 0 N–H and O–H groups in total. The van der Waals surface area contributed by atoms with E-state index in [-0.39, 0.29) is 0 Å². The molecule has 1 atom stereocenters. The maximum absolute atomic E-state index is 13.2. The second kappa shape index (κ2) is 9.13. The number of aromatic nitrogens is 2. The molecule has 10 heteroatoms. The van der Waals surface area contributed by atoms with Gasteiger partial charge in [-0.3, -0.25) is 14.4 Å². The lowest BCUT2D eigenvalue weighted by atomic mass is 10.2. The summed E-state index contributed by atoms with van der Waals surface area (Å²) in [7, 11) is 0. The molecule has 1 aliphatic heterocycles. The summed E-state index contributed by atoms with van der Waals surface area (Å²) in [6, 6.07) is 7.07. The maximum Gasteiger partial charge on any atom is 0.282 e. The van der Waals surface area contributed by atoms with Crippen LogP contribution < -0.4 is 0 Å². The highest BCUT2D eigenvalue weighted by molar-refractivity contribution is 6.30. The van der Waals surface area contributed by atoms with E-state index in [2.05, 4.69) is 10.00 Å². The van der Waals surface area contributed by atoms with Crippen molar-refractivity contribution in [2.24, 2.45) is 0 Å². The molecule has 3 rings (SSSR count). The molecule has 1 aliphatic rings. The van der Waals surface area contributed by atoms with E-state index in [0.717, 1.165) is 5.56 Å². The summed E-state index contributed by atoms with van der Waals surface area (Å²) in [4.78, 5) is 16.5. The number of nitrogens with zero attached hydrogens (tertiary/aromatic N) is 4. The Kier molecular flexibility index (Phi) is 6.79. The molecule has 158 valence electrons. The fourth-order valence-electron chi connectivity index (χ4n) is 3.35. The van der Waals surface area contributed by atoms with Crippen LogP contribution in [0.2, 0.25) is 5.02 Å². The molecule has 1 aromatic heterocycles. The maximum atomic E-state index is 13.2. The van der Waals surface area contributed by atoms with Gasteiger partial charge in [-0.15, -0.1) is 0 Å². The van der Waals surface area contributed by atoms with Gasteiger partial charge in [0.05, 0.1) is 0 Å². The fourth-order valence-corrected chi connectivity index (χ4v) is 3.48. The lowest BCUT2D eigenvalue weighted by Crippen LogP contribution is -2.50. The van der Waals surface area contributed by atoms with Crippen molar-refractivity contribution in [2.75, 3.05) is 26.2 Å². The molecule has 0 saturated carbocycles. The minimum atomic E-state index is -3.00. The lowest BCUT2D eigenvalue weighted by molar-refractivity contribution is -0.136. The molecule has 1 saturated heterocycles.